The fraction of sp³-hybridized carbons (Fsp3) is 0.125. The maximum absolute atomic E-state index is 13.7. The summed E-state index contributed by atoms with van der Waals surface area (Å²) in [5.41, 5.74) is 4.42. The highest BCUT2D eigenvalue weighted by molar-refractivity contribution is 6.23. The van der Waals surface area contributed by atoms with Gasteiger partial charge in [0.05, 0.1) is 12.1 Å². The van der Waals surface area contributed by atoms with Crippen molar-refractivity contribution in [2.75, 3.05) is 4.90 Å². The summed E-state index contributed by atoms with van der Waals surface area (Å²) in [6.07, 6.45) is -0.162. The van der Waals surface area contributed by atoms with Crippen LogP contribution in [0, 0.1) is 12.7 Å². The third-order valence-electron chi connectivity index (χ3n) is 6.96. The smallest absolute Gasteiger partial charge is 0.257 e. The van der Waals surface area contributed by atoms with E-state index in [1.165, 1.54) is 17.0 Å². The number of oxazole rings is 1. The SMILES string of the molecule is Cc1cccc(C(=O)N(Cc2ccc(F)cc2)C2CC(=O)N(c3ccc(-c4nc5ccccc5o4)cc3)C2=O)c1. The summed E-state index contributed by atoms with van der Waals surface area (Å²) < 4.78 is 19.4. The van der Waals surface area contributed by atoms with Gasteiger partial charge in [0.2, 0.25) is 11.8 Å². The van der Waals surface area contributed by atoms with Crippen LogP contribution in [0.25, 0.3) is 22.6 Å². The number of fused-ring (bicyclic) bond motifs is 1. The molecule has 3 amide bonds. The van der Waals surface area contributed by atoms with E-state index in [-0.39, 0.29) is 18.9 Å². The summed E-state index contributed by atoms with van der Waals surface area (Å²) >= 11 is 0. The van der Waals surface area contributed by atoms with Gasteiger partial charge in [-0.1, -0.05) is 42.0 Å². The Balaban J connectivity index is 1.29. The third kappa shape index (κ3) is 4.75. The van der Waals surface area contributed by atoms with Gasteiger partial charge in [-0.3, -0.25) is 14.4 Å². The lowest BCUT2D eigenvalue weighted by atomic mass is 10.1. The zero-order chi connectivity index (χ0) is 27.8. The molecule has 0 aliphatic carbocycles. The number of hydrogen-bond donors (Lipinski definition) is 0. The predicted molar refractivity (Wildman–Crippen MR) is 148 cm³/mol. The van der Waals surface area contributed by atoms with Crippen molar-refractivity contribution in [1.82, 2.24) is 9.88 Å². The first-order valence-corrected chi connectivity index (χ1v) is 12.8. The van der Waals surface area contributed by atoms with Gasteiger partial charge in [0.25, 0.3) is 11.8 Å². The summed E-state index contributed by atoms with van der Waals surface area (Å²) in [5.74, 6) is -1.26. The molecule has 2 heterocycles. The number of nitrogens with zero attached hydrogens (tertiary/aromatic N) is 3. The molecule has 0 radical (unpaired) electrons. The minimum atomic E-state index is -1.01. The first kappa shape index (κ1) is 25.2. The molecule has 0 N–H and O–H groups in total. The molecule has 1 saturated heterocycles. The largest absolute Gasteiger partial charge is 0.436 e. The Labute approximate surface area is 229 Å². The number of carbonyl (C=O) groups is 3. The normalized spacial score (nSPS) is 15.2. The van der Waals surface area contributed by atoms with E-state index in [0.29, 0.717) is 33.9 Å². The number of carbonyl (C=O) groups excluding carboxylic acids is 3. The molecule has 0 spiro atoms. The highest BCUT2D eigenvalue weighted by Gasteiger charge is 2.44. The average molecular weight is 534 g/mol. The van der Waals surface area contributed by atoms with Gasteiger partial charge >= 0.3 is 0 Å². The average Bonchev–Trinajstić information content (AvgIpc) is 3.53. The number of halogens is 1. The summed E-state index contributed by atoms with van der Waals surface area (Å²) in [7, 11) is 0. The van der Waals surface area contributed by atoms with Gasteiger partial charge in [0.15, 0.2) is 5.58 Å². The number of hydrogen-bond acceptors (Lipinski definition) is 5. The Hall–Kier alpha value is -5.11. The molecule has 40 heavy (non-hydrogen) atoms. The zero-order valence-electron chi connectivity index (χ0n) is 21.6. The van der Waals surface area contributed by atoms with E-state index in [4.69, 9.17) is 4.42 Å². The van der Waals surface area contributed by atoms with Crippen LogP contribution in [0.4, 0.5) is 10.1 Å². The van der Waals surface area contributed by atoms with Crippen molar-refractivity contribution >= 4 is 34.5 Å². The Morgan fingerprint density at radius 1 is 0.975 bits per heavy atom. The van der Waals surface area contributed by atoms with Gasteiger partial charge in [-0.25, -0.2) is 14.3 Å². The lowest BCUT2D eigenvalue weighted by Crippen LogP contribution is -2.45. The van der Waals surface area contributed by atoms with E-state index >= 15 is 0 Å². The van der Waals surface area contributed by atoms with Crippen molar-refractivity contribution in [3.05, 3.63) is 120 Å². The van der Waals surface area contributed by atoms with Crippen LogP contribution in [0.3, 0.4) is 0 Å². The van der Waals surface area contributed by atoms with E-state index in [1.54, 1.807) is 54.6 Å². The van der Waals surface area contributed by atoms with Gasteiger partial charge in [0, 0.05) is 17.7 Å². The second-order valence-corrected chi connectivity index (χ2v) is 9.75. The Kier molecular flexibility index (Phi) is 6.43. The van der Waals surface area contributed by atoms with Gasteiger partial charge < -0.3 is 9.32 Å². The van der Waals surface area contributed by atoms with Crippen LogP contribution in [0.5, 0.6) is 0 Å². The monoisotopic (exact) mass is 533 g/mol. The molecule has 0 saturated carbocycles. The number of imide groups is 1. The van der Waals surface area contributed by atoms with Crippen molar-refractivity contribution < 1.29 is 23.2 Å². The molecule has 1 unspecified atom stereocenters. The standard InChI is InChI=1S/C32H24FN3O4/c1-20-5-4-6-23(17-20)31(38)35(19-21-9-13-24(33)14-10-21)27-18-29(37)36(32(27)39)25-15-11-22(12-16-25)30-34-26-7-2-3-8-28(26)40-30/h2-17,27H,18-19H2,1H3. The number of aromatic nitrogens is 1. The maximum atomic E-state index is 13.7. The summed E-state index contributed by atoms with van der Waals surface area (Å²) in [6, 6.07) is 26.0. The molecule has 4 aromatic carbocycles. The molecule has 5 aromatic rings. The summed E-state index contributed by atoms with van der Waals surface area (Å²) in [6.45, 7) is 1.92. The van der Waals surface area contributed by atoms with Crippen molar-refractivity contribution in [3.63, 3.8) is 0 Å². The van der Waals surface area contributed by atoms with Crippen LogP contribution in [0.2, 0.25) is 0 Å². The molecular formula is C32H24FN3O4. The number of benzene rings is 4. The van der Waals surface area contributed by atoms with Gasteiger partial charge in [-0.2, -0.15) is 0 Å². The topological polar surface area (TPSA) is 83.7 Å². The number of para-hydroxylation sites is 2. The first-order chi connectivity index (χ1) is 19.4. The molecule has 1 aliphatic heterocycles. The van der Waals surface area contributed by atoms with Crippen molar-refractivity contribution in [2.45, 2.75) is 25.9 Å². The molecule has 6 rings (SSSR count). The van der Waals surface area contributed by atoms with Crippen LogP contribution in [0.1, 0.15) is 27.9 Å². The van der Waals surface area contributed by atoms with Crippen molar-refractivity contribution in [3.8, 4) is 11.5 Å². The lowest BCUT2D eigenvalue weighted by molar-refractivity contribution is -0.122. The second-order valence-electron chi connectivity index (χ2n) is 9.75. The molecule has 8 heteroatoms. The number of amides is 3. The van der Waals surface area contributed by atoms with Crippen LogP contribution >= 0.6 is 0 Å². The fourth-order valence-electron chi connectivity index (χ4n) is 4.93. The van der Waals surface area contributed by atoms with Gasteiger partial charge in [-0.05, 0) is 73.2 Å². The number of anilines is 1. The molecule has 1 aliphatic rings. The van der Waals surface area contributed by atoms with Crippen LogP contribution in [-0.4, -0.2) is 33.6 Å². The minimum Gasteiger partial charge on any atom is -0.436 e. The Bertz CT molecular complexity index is 1710. The zero-order valence-corrected chi connectivity index (χ0v) is 21.6. The Morgan fingerprint density at radius 2 is 1.73 bits per heavy atom. The summed E-state index contributed by atoms with van der Waals surface area (Å²) in [5, 5.41) is 0. The van der Waals surface area contributed by atoms with Crippen molar-refractivity contribution in [1.29, 1.82) is 0 Å². The van der Waals surface area contributed by atoms with E-state index in [9.17, 15) is 18.8 Å². The molecule has 7 nitrogen and oxygen atoms in total. The highest BCUT2D eigenvalue weighted by Crippen LogP contribution is 2.31. The molecule has 1 aromatic heterocycles. The van der Waals surface area contributed by atoms with E-state index in [2.05, 4.69) is 4.98 Å². The third-order valence-corrected chi connectivity index (χ3v) is 6.96. The highest BCUT2D eigenvalue weighted by atomic mass is 19.1. The molecule has 1 fully saturated rings. The minimum absolute atomic E-state index is 0.0429. The van der Waals surface area contributed by atoms with Crippen LogP contribution in [-0.2, 0) is 16.1 Å². The molecular weight excluding hydrogens is 509 g/mol. The quantitative estimate of drug-likeness (QED) is 0.253. The van der Waals surface area contributed by atoms with E-state index in [1.807, 2.05) is 37.3 Å². The molecule has 0 bridgehead atoms. The van der Waals surface area contributed by atoms with Gasteiger partial charge in [0.1, 0.15) is 17.4 Å². The summed E-state index contributed by atoms with van der Waals surface area (Å²) in [4.78, 5) is 47.5. The van der Waals surface area contributed by atoms with Gasteiger partial charge in [-0.15, -0.1) is 0 Å². The lowest BCUT2D eigenvalue weighted by Gasteiger charge is -2.28. The van der Waals surface area contributed by atoms with E-state index < -0.39 is 23.7 Å². The molecule has 1 atom stereocenters. The van der Waals surface area contributed by atoms with E-state index in [0.717, 1.165) is 16.0 Å². The number of aryl methyl sites for hydroxylation is 1. The fourth-order valence-corrected chi connectivity index (χ4v) is 4.93. The first-order valence-electron chi connectivity index (χ1n) is 12.8. The van der Waals surface area contributed by atoms with Crippen LogP contribution in [0.15, 0.2) is 101 Å². The number of rotatable bonds is 6. The second kappa shape index (κ2) is 10.2. The molecule has 198 valence electrons. The predicted octanol–water partition coefficient (Wildman–Crippen LogP) is 5.92. The Morgan fingerprint density at radius 3 is 2.45 bits per heavy atom. The van der Waals surface area contributed by atoms with Crippen LogP contribution < -0.4 is 4.90 Å². The van der Waals surface area contributed by atoms with Crippen molar-refractivity contribution in [2.24, 2.45) is 0 Å². The maximum Gasteiger partial charge on any atom is 0.257 e.